The van der Waals surface area contributed by atoms with E-state index in [0.29, 0.717) is 11.6 Å². The quantitative estimate of drug-likeness (QED) is 0.461. The van der Waals surface area contributed by atoms with Crippen molar-refractivity contribution in [3.63, 3.8) is 0 Å². The summed E-state index contributed by atoms with van der Waals surface area (Å²) in [5.74, 6) is 1.61. The van der Waals surface area contributed by atoms with E-state index in [2.05, 4.69) is 20.6 Å². The zero-order valence-electron chi connectivity index (χ0n) is 21.9. The molecule has 3 aliphatic heterocycles. The number of carbonyl (C=O) groups excluding carboxylic acids is 1. The van der Waals surface area contributed by atoms with Gasteiger partial charge in [0.2, 0.25) is 10.0 Å². The lowest BCUT2D eigenvalue weighted by Gasteiger charge is -2.35. The zero-order chi connectivity index (χ0) is 27.3. The highest BCUT2D eigenvalue weighted by molar-refractivity contribution is 7.92. The highest BCUT2D eigenvalue weighted by Crippen LogP contribution is 2.35. The van der Waals surface area contributed by atoms with E-state index < -0.39 is 10.0 Å². The van der Waals surface area contributed by atoms with Crippen LogP contribution in [-0.2, 0) is 10.0 Å². The van der Waals surface area contributed by atoms with Crippen molar-refractivity contribution in [2.75, 3.05) is 53.5 Å². The number of nitrogens with zero attached hydrogens (tertiary/aromatic N) is 6. The number of hydrogen-bond acceptors (Lipinski definition) is 8. The normalized spacial score (nSPS) is 21.9. The van der Waals surface area contributed by atoms with Crippen molar-refractivity contribution < 1.29 is 13.2 Å². The maximum Gasteiger partial charge on any atom is 0.256 e. The van der Waals surface area contributed by atoms with Gasteiger partial charge in [0.05, 0.1) is 29.2 Å². The Labute approximate surface area is 233 Å². The minimum atomic E-state index is -3.59. The van der Waals surface area contributed by atoms with Gasteiger partial charge in [0.15, 0.2) is 5.65 Å². The van der Waals surface area contributed by atoms with Crippen LogP contribution in [0.4, 0.5) is 17.3 Å². The number of anilines is 3. The summed E-state index contributed by atoms with van der Waals surface area (Å²) >= 11 is 6.24. The summed E-state index contributed by atoms with van der Waals surface area (Å²) in [6.45, 7) is 4.11. The minimum Gasteiger partial charge on any atom is -0.356 e. The van der Waals surface area contributed by atoms with Gasteiger partial charge in [-0.1, -0.05) is 11.6 Å². The molecule has 2 atom stereocenters. The Morgan fingerprint density at radius 1 is 1.05 bits per heavy atom. The Balaban J connectivity index is 1.39. The molecule has 3 fully saturated rings. The molecule has 1 amide bonds. The third-order valence-corrected chi connectivity index (χ3v) is 8.58. The van der Waals surface area contributed by atoms with E-state index in [9.17, 15) is 13.2 Å². The third-order valence-electron chi connectivity index (χ3n) is 7.75. The smallest absolute Gasteiger partial charge is 0.256 e. The van der Waals surface area contributed by atoms with Crippen LogP contribution in [0.5, 0.6) is 0 Å². The first-order chi connectivity index (χ1) is 18.7. The molecule has 1 aromatic carbocycles. The number of aromatic nitrogens is 3. The Kier molecular flexibility index (Phi) is 6.80. The van der Waals surface area contributed by atoms with Crippen molar-refractivity contribution in [2.45, 2.75) is 44.2 Å². The van der Waals surface area contributed by atoms with Crippen molar-refractivity contribution in [1.29, 1.82) is 0 Å². The highest BCUT2D eigenvalue weighted by Gasteiger charge is 2.33. The SMILES string of the molecule is CS(=O)(=O)Nc1ccc(Cl)cc1C(=O)N1CCCC[C@@H]1c1cc2nc(N3CCC3)cc(N3CC[C@@H](N)C3)n2n1. The van der Waals surface area contributed by atoms with Crippen molar-refractivity contribution in [1.82, 2.24) is 19.5 Å². The Bertz CT molecular complexity index is 1520. The number of nitrogens with one attached hydrogen (secondary N) is 1. The predicted octanol–water partition coefficient (Wildman–Crippen LogP) is 2.87. The molecule has 6 rings (SSSR count). The summed E-state index contributed by atoms with van der Waals surface area (Å²) in [4.78, 5) is 25.1. The summed E-state index contributed by atoms with van der Waals surface area (Å²) < 4.78 is 28.3. The number of nitrogens with two attached hydrogens (primary N) is 1. The summed E-state index contributed by atoms with van der Waals surface area (Å²) in [5, 5.41) is 5.35. The van der Waals surface area contributed by atoms with Crippen LogP contribution >= 0.6 is 11.6 Å². The standard InChI is InChI=1S/C26H33ClN8O3S/c1-39(37,38)31-20-7-6-17(27)13-19(20)26(36)34-11-3-2-5-22(34)21-14-24-29-23(32-9-4-10-32)15-25(35(24)30-21)33-12-8-18(28)16-33/h6-7,13-15,18,22,31H,2-5,8-12,16,28H2,1H3/t18-,22-/m1/s1. The van der Waals surface area contributed by atoms with E-state index >= 15 is 0 Å². The number of likely N-dealkylation sites (tertiary alicyclic amines) is 1. The fraction of sp³-hybridized carbons (Fsp3) is 0.500. The molecule has 3 N–H and O–H groups in total. The van der Waals surface area contributed by atoms with Gasteiger partial charge in [0, 0.05) is 55.9 Å². The number of benzene rings is 1. The van der Waals surface area contributed by atoms with Crippen LogP contribution in [0.15, 0.2) is 30.3 Å². The molecule has 0 bridgehead atoms. The van der Waals surface area contributed by atoms with Gasteiger partial charge in [-0.05, 0) is 50.3 Å². The van der Waals surface area contributed by atoms with Gasteiger partial charge in [-0.2, -0.15) is 9.61 Å². The van der Waals surface area contributed by atoms with Gasteiger partial charge in [0.1, 0.15) is 11.6 Å². The Morgan fingerprint density at radius 3 is 2.56 bits per heavy atom. The number of carbonyl (C=O) groups is 1. The monoisotopic (exact) mass is 572 g/mol. The van der Waals surface area contributed by atoms with Gasteiger partial charge >= 0.3 is 0 Å². The topological polar surface area (TPSA) is 129 Å². The molecule has 0 spiro atoms. The molecule has 11 nitrogen and oxygen atoms in total. The molecular formula is C26H33ClN8O3S. The Hall–Kier alpha value is -3.09. The maximum atomic E-state index is 13.9. The largest absolute Gasteiger partial charge is 0.356 e. The average Bonchev–Trinajstić information content (AvgIpc) is 3.48. The van der Waals surface area contributed by atoms with Crippen LogP contribution < -0.4 is 20.3 Å². The first-order valence-corrected chi connectivity index (χ1v) is 15.7. The fourth-order valence-electron chi connectivity index (χ4n) is 5.67. The third kappa shape index (κ3) is 5.24. The number of sulfonamides is 1. The maximum absolute atomic E-state index is 13.9. The lowest BCUT2D eigenvalue weighted by atomic mass is 9.98. The Morgan fingerprint density at radius 2 is 1.87 bits per heavy atom. The van der Waals surface area contributed by atoms with Crippen LogP contribution in [0.2, 0.25) is 5.02 Å². The minimum absolute atomic E-state index is 0.120. The van der Waals surface area contributed by atoms with Gasteiger partial charge in [-0.3, -0.25) is 9.52 Å². The van der Waals surface area contributed by atoms with Crippen molar-refractivity contribution in [2.24, 2.45) is 5.73 Å². The summed E-state index contributed by atoms with van der Waals surface area (Å²) in [6, 6.07) is 8.52. The van der Waals surface area contributed by atoms with Gasteiger partial charge in [-0.15, -0.1) is 0 Å². The first-order valence-electron chi connectivity index (χ1n) is 13.4. The predicted molar refractivity (Wildman–Crippen MR) is 152 cm³/mol. The molecule has 39 heavy (non-hydrogen) atoms. The van der Waals surface area contributed by atoms with Crippen LogP contribution in [0.1, 0.15) is 54.2 Å². The molecule has 3 aromatic rings. The van der Waals surface area contributed by atoms with Gasteiger partial charge < -0.3 is 20.4 Å². The number of halogens is 1. The molecule has 0 radical (unpaired) electrons. The zero-order valence-corrected chi connectivity index (χ0v) is 23.5. The number of amides is 1. The first kappa shape index (κ1) is 26.1. The van der Waals surface area contributed by atoms with E-state index in [1.807, 2.05) is 10.6 Å². The van der Waals surface area contributed by atoms with E-state index in [1.54, 1.807) is 11.0 Å². The highest BCUT2D eigenvalue weighted by atomic mass is 35.5. The van der Waals surface area contributed by atoms with E-state index in [1.165, 1.54) is 12.1 Å². The number of hydrogen-bond donors (Lipinski definition) is 2. The van der Waals surface area contributed by atoms with Crippen LogP contribution in [0.25, 0.3) is 5.65 Å². The fourth-order valence-corrected chi connectivity index (χ4v) is 6.42. The lowest BCUT2D eigenvalue weighted by Crippen LogP contribution is -2.39. The molecule has 5 heterocycles. The second kappa shape index (κ2) is 10.1. The molecule has 0 saturated carbocycles. The van der Waals surface area contributed by atoms with Crippen LogP contribution in [0.3, 0.4) is 0 Å². The van der Waals surface area contributed by atoms with E-state index in [4.69, 9.17) is 27.4 Å². The van der Waals surface area contributed by atoms with Gasteiger partial charge in [-0.25, -0.2) is 13.4 Å². The van der Waals surface area contributed by atoms with Crippen molar-refractivity contribution in [3.05, 3.63) is 46.6 Å². The molecule has 0 aliphatic carbocycles. The van der Waals surface area contributed by atoms with Crippen molar-refractivity contribution >= 4 is 50.5 Å². The number of fused-ring (bicyclic) bond motifs is 1. The second-order valence-electron chi connectivity index (χ2n) is 10.7. The van der Waals surface area contributed by atoms with E-state index in [0.717, 1.165) is 87.5 Å². The average molecular weight is 573 g/mol. The van der Waals surface area contributed by atoms with Crippen LogP contribution in [-0.4, -0.2) is 78.8 Å². The number of rotatable bonds is 6. The summed E-state index contributed by atoms with van der Waals surface area (Å²) in [6.07, 6.45) is 5.67. The molecular weight excluding hydrogens is 540 g/mol. The number of piperidine rings is 1. The summed E-state index contributed by atoms with van der Waals surface area (Å²) in [7, 11) is -3.59. The molecule has 3 saturated heterocycles. The second-order valence-corrected chi connectivity index (χ2v) is 12.9. The molecule has 0 unspecified atom stereocenters. The molecule has 3 aliphatic rings. The van der Waals surface area contributed by atoms with Gasteiger partial charge in [0.25, 0.3) is 5.91 Å². The lowest BCUT2D eigenvalue weighted by molar-refractivity contribution is 0.0607. The molecule has 2 aromatic heterocycles. The van der Waals surface area contributed by atoms with E-state index in [-0.39, 0.29) is 29.2 Å². The molecule has 13 heteroatoms. The summed E-state index contributed by atoms with van der Waals surface area (Å²) in [5.41, 5.74) is 8.17. The van der Waals surface area contributed by atoms with Crippen molar-refractivity contribution in [3.8, 4) is 0 Å². The molecule has 208 valence electrons. The van der Waals surface area contributed by atoms with Crippen LogP contribution in [0, 0.1) is 0 Å².